The van der Waals surface area contributed by atoms with Crippen molar-refractivity contribution in [1.82, 2.24) is 9.97 Å². The van der Waals surface area contributed by atoms with E-state index in [4.69, 9.17) is 0 Å². The molecule has 0 amide bonds. The monoisotopic (exact) mass is 386 g/mol. The molecule has 0 aliphatic heterocycles. The summed E-state index contributed by atoms with van der Waals surface area (Å²) in [4.78, 5) is 19.2. The number of rotatable bonds is 7. The van der Waals surface area contributed by atoms with Crippen LogP contribution in [0.2, 0.25) is 0 Å². The number of non-ortho nitro benzene ring substituents is 1. The van der Waals surface area contributed by atoms with Crippen molar-refractivity contribution in [1.29, 1.82) is 0 Å². The van der Waals surface area contributed by atoms with Gasteiger partial charge in [-0.2, -0.15) is 8.78 Å². The summed E-state index contributed by atoms with van der Waals surface area (Å²) in [5, 5.41) is 14.1. The minimum absolute atomic E-state index is 0.0387. The molecular formula is C19H16F2N4O3. The van der Waals surface area contributed by atoms with E-state index in [0.717, 1.165) is 5.56 Å². The molecular weight excluding hydrogens is 370 g/mol. The van der Waals surface area contributed by atoms with Crippen molar-refractivity contribution in [2.45, 2.75) is 20.1 Å². The minimum atomic E-state index is -2.86. The molecule has 0 atom stereocenters. The van der Waals surface area contributed by atoms with E-state index in [-0.39, 0.29) is 11.4 Å². The molecule has 0 bridgehead atoms. The van der Waals surface area contributed by atoms with Crippen molar-refractivity contribution < 1.29 is 18.4 Å². The van der Waals surface area contributed by atoms with Crippen LogP contribution >= 0.6 is 0 Å². The second kappa shape index (κ2) is 8.38. The third kappa shape index (κ3) is 4.97. The Labute approximate surface area is 159 Å². The Bertz CT molecular complexity index is 981. The second-order valence-electron chi connectivity index (χ2n) is 5.90. The number of aryl methyl sites for hydroxylation is 1. The van der Waals surface area contributed by atoms with Crippen LogP contribution in [0.15, 0.2) is 54.6 Å². The normalized spacial score (nSPS) is 10.7. The number of benzene rings is 2. The van der Waals surface area contributed by atoms with Crippen molar-refractivity contribution in [3.8, 4) is 17.1 Å². The van der Waals surface area contributed by atoms with Crippen LogP contribution in [0.3, 0.4) is 0 Å². The van der Waals surface area contributed by atoms with E-state index in [1.54, 1.807) is 37.3 Å². The van der Waals surface area contributed by atoms with E-state index in [1.165, 1.54) is 24.3 Å². The average Bonchev–Trinajstić information content (AvgIpc) is 2.67. The predicted molar refractivity (Wildman–Crippen MR) is 99.3 cm³/mol. The standard InChI is InChI=1S/C19H16F2N4O3/c1-12-9-17(22-11-13-5-7-16(8-6-13)28-19(20)21)24-18(23-12)14-3-2-4-15(10-14)25(26)27/h2-10,19H,11H2,1H3,(H,22,23,24). The lowest BCUT2D eigenvalue weighted by Gasteiger charge is -2.10. The third-order valence-electron chi connectivity index (χ3n) is 3.79. The van der Waals surface area contributed by atoms with Crippen LogP contribution in [0.4, 0.5) is 20.3 Å². The summed E-state index contributed by atoms with van der Waals surface area (Å²) < 4.78 is 28.7. The highest BCUT2D eigenvalue weighted by molar-refractivity contribution is 5.61. The lowest BCUT2D eigenvalue weighted by atomic mass is 10.2. The predicted octanol–water partition coefficient (Wildman–Crippen LogP) is 4.57. The molecule has 7 nitrogen and oxygen atoms in total. The Morgan fingerprint density at radius 1 is 1.14 bits per heavy atom. The molecule has 9 heteroatoms. The zero-order valence-electron chi connectivity index (χ0n) is 14.8. The summed E-state index contributed by atoms with van der Waals surface area (Å²) in [5.74, 6) is 0.999. The van der Waals surface area contributed by atoms with Crippen molar-refractivity contribution in [3.63, 3.8) is 0 Å². The lowest BCUT2D eigenvalue weighted by molar-refractivity contribution is -0.384. The SMILES string of the molecule is Cc1cc(NCc2ccc(OC(F)F)cc2)nc(-c2cccc([N+](=O)[O-])c2)n1. The molecule has 1 aromatic heterocycles. The van der Waals surface area contributed by atoms with E-state index in [1.807, 2.05) is 0 Å². The maximum atomic E-state index is 12.2. The number of hydrogen-bond donors (Lipinski definition) is 1. The first kappa shape index (κ1) is 19.2. The van der Waals surface area contributed by atoms with Gasteiger partial charge in [-0.05, 0) is 24.6 Å². The molecule has 1 heterocycles. The quantitative estimate of drug-likeness (QED) is 0.472. The molecule has 0 fully saturated rings. The van der Waals surface area contributed by atoms with Crippen LogP contribution in [-0.2, 0) is 6.54 Å². The van der Waals surface area contributed by atoms with Gasteiger partial charge >= 0.3 is 6.61 Å². The molecule has 0 saturated carbocycles. The molecule has 1 N–H and O–H groups in total. The van der Waals surface area contributed by atoms with Gasteiger partial charge in [0, 0.05) is 36.0 Å². The number of nitro benzene ring substituents is 1. The van der Waals surface area contributed by atoms with E-state index in [9.17, 15) is 18.9 Å². The molecule has 144 valence electrons. The molecule has 3 aromatic rings. The first-order valence-electron chi connectivity index (χ1n) is 8.29. The lowest BCUT2D eigenvalue weighted by Crippen LogP contribution is -2.05. The zero-order valence-corrected chi connectivity index (χ0v) is 14.8. The van der Waals surface area contributed by atoms with Gasteiger partial charge in [-0.3, -0.25) is 10.1 Å². The van der Waals surface area contributed by atoms with Gasteiger partial charge in [0.2, 0.25) is 0 Å². The number of aromatic nitrogens is 2. The summed E-state index contributed by atoms with van der Waals surface area (Å²) in [6, 6.07) is 14.1. The van der Waals surface area contributed by atoms with Crippen molar-refractivity contribution in [3.05, 3.63) is 76.0 Å². The zero-order chi connectivity index (χ0) is 20.1. The Hall–Kier alpha value is -3.62. The topological polar surface area (TPSA) is 90.2 Å². The number of ether oxygens (including phenoxy) is 1. The minimum Gasteiger partial charge on any atom is -0.435 e. The molecule has 0 unspecified atom stereocenters. The molecule has 28 heavy (non-hydrogen) atoms. The molecule has 0 aliphatic carbocycles. The summed E-state index contributed by atoms with van der Waals surface area (Å²) in [5.41, 5.74) is 2.03. The number of nitrogens with zero attached hydrogens (tertiary/aromatic N) is 3. The van der Waals surface area contributed by atoms with Crippen molar-refractivity contribution in [2.75, 3.05) is 5.32 Å². The molecule has 0 spiro atoms. The highest BCUT2D eigenvalue weighted by atomic mass is 19.3. The van der Waals surface area contributed by atoms with Crippen LogP contribution in [0.5, 0.6) is 5.75 Å². The van der Waals surface area contributed by atoms with E-state index >= 15 is 0 Å². The molecule has 0 aliphatic rings. The number of nitro groups is 1. The van der Waals surface area contributed by atoms with Crippen LogP contribution < -0.4 is 10.1 Å². The Kier molecular flexibility index (Phi) is 5.73. The largest absolute Gasteiger partial charge is 0.435 e. The smallest absolute Gasteiger partial charge is 0.387 e. The van der Waals surface area contributed by atoms with Gasteiger partial charge in [-0.25, -0.2) is 9.97 Å². The van der Waals surface area contributed by atoms with Crippen LogP contribution in [-0.4, -0.2) is 21.5 Å². The number of nitrogens with one attached hydrogen (secondary N) is 1. The summed E-state index contributed by atoms with van der Waals surface area (Å²) >= 11 is 0. The fourth-order valence-corrected chi connectivity index (χ4v) is 2.53. The van der Waals surface area contributed by atoms with Gasteiger partial charge in [-0.15, -0.1) is 0 Å². The highest BCUT2D eigenvalue weighted by Gasteiger charge is 2.11. The van der Waals surface area contributed by atoms with Gasteiger partial charge < -0.3 is 10.1 Å². The second-order valence-corrected chi connectivity index (χ2v) is 5.90. The van der Waals surface area contributed by atoms with E-state index < -0.39 is 11.5 Å². The molecule has 3 rings (SSSR count). The summed E-state index contributed by atoms with van der Waals surface area (Å²) in [7, 11) is 0. The van der Waals surface area contributed by atoms with Gasteiger partial charge in [0.05, 0.1) is 4.92 Å². The van der Waals surface area contributed by atoms with Crippen molar-refractivity contribution in [2.24, 2.45) is 0 Å². The molecule has 2 aromatic carbocycles. The van der Waals surface area contributed by atoms with E-state index in [0.29, 0.717) is 29.4 Å². The van der Waals surface area contributed by atoms with Crippen LogP contribution in [0, 0.1) is 17.0 Å². The summed E-state index contributed by atoms with van der Waals surface area (Å²) in [6.07, 6.45) is 0. The van der Waals surface area contributed by atoms with Crippen LogP contribution in [0.25, 0.3) is 11.4 Å². The van der Waals surface area contributed by atoms with Gasteiger partial charge in [0.25, 0.3) is 5.69 Å². The number of alkyl halides is 2. The average molecular weight is 386 g/mol. The number of anilines is 1. The van der Waals surface area contributed by atoms with Gasteiger partial charge in [0.15, 0.2) is 5.82 Å². The maximum Gasteiger partial charge on any atom is 0.387 e. The summed E-state index contributed by atoms with van der Waals surface area (Å²) in [6.45, 7) is -0.663. The Morgan fingerprint density at radius 3 is 2.57 bits per heavy atom. The number of halogens is 2. The van der Waals surface area contributed by atoms with E-state index in [2.05, 4.69) is 20.0 Å². The first-order valence-corrected chi connectivity index (χ1v) is 8.29. The Balaban J connectivity index is 1.75. The molecule has 0 saturated heterocycles. The van der Waals surface area contributed by atoms with Crippen molar-refractivity contribution >= 4 is 11.5 Å². The van der Waals surface area contributed by atoms with Gasteiger partial charge in [-0.1, -0.05) is 24.3 Å². The maximum absolute atomic E-state index is 12.2. The Morgan fingerprint density at radius 2 is 1.89 bits per heavy atom. The first-order chi connectivity index (χ1) is 13.4. The fourth-order valence-electron chi connectivity index (χ4n) is 2.53. The fraction of sp³-hybridized carbons (Fsp3) is 0.158. The number of hydrogen-bond acceptors (Lipinski definition) is 6. The third-order valence-corrected chi connectivity index (χ3v) is 3.79. The van der Waals surface area contributed by atoms with Gasteiger partial charge in [0.1, 0.15) is 11.6 Å². The van der Waals surface area contributed by atoms with Crippen LogP contribution in [0.1, 0.15) is 11.3 Å². The highest BCUT2D eigenvalue weighted by Crippen LogP contribution is 2.23. The molecule has 0 radical (unpaired) electrons.